The van der Waals surface area contributed by atoms with Crippen LogP contribution < -0.4 is 14.8 Å². The van der Waals surface area contributed by atoms with E-state index in [2.05, 4.69) is 5.32 Å². The van der Waals surface area contributed by atoms with Gasteiger partial charge in [0.15, 0.2) is 0 Å². The lowest BCUT2D eigenvalue weighted by atomic mass is 10.0. The van der Waals surface area contributed by atoms with Gasteiger partial charge in [-0.2, -0.15) is 0 Å². The first-order chi connectivity index (χ1) is 14.1. The summed E-state index contributed by atoms with van der Waals surface area (Å²) in [5.41, 5.74) is 2.18. The molecule has 0 fully saturated rings. The largest absolute Gasteiger partial charge is 0.495 e. The van der Waals surface area contributed by atoms with E-state index >= 15 is 0 Å². The number of fused-ring (bicyclic) bond motifs is 1. The molecule has 30 heavy (non-hydrogen) atoms. The number of halogens is 1. The molecule has 1 heterocycles. The predicted molar refractivity (Wildman–Crippen MR) is 119 cm³/mol. The summed E-state index contributed by atoms with van der Waals surface area (Å²) in [6, 6.07) is 19.5. The molecular formula is C23H24ClNO4S. The molecule has 0 aromatic heterocycles. The lowest BCUT2D eigenvalue weighted by molar-refractivity contribution is 0.402. The highest BCUT2D eigenvalue weighted by Gasteiger charge is 2.25. The molecule has 0 saturated carbocycles. The Morgan fingerprint density at radius 1 is 0.833 bits per heavy atom. The smallest absolute Gasteiger partial charge is 0.210 e. The van der Waals surface area contributed by atoms with Crippen molar-refractivity contribution in [2.45, 2.75) is 22.6 Å². The fourth-order valence-electron chi connectivity index (χ4n) is 3.51. The van der Waals surface area contributed by atoms with E-state index < -0.39 is 9.84 Å². The Balaban J connectivity index is 0.00000256. The summed E-state index contributed by atoms with van der Waals surface area (Å²) in [5.74, 6) is 1.49. The topological polar surface area (TPSA) is 64.6 Å². The lowest BCUT2D eigenvalue weighted by Crippen LogP contribution is -2.16. The van der Waals surface area contributed by atoms with Gasteiger partial charge in [-0.1, -0.05) is 24.3 Å². The van der Waals surface area contributed by atoms with Gasteiger partial charge in [0.25, 0.3) is 0 Å². The summed E-state index contributed by atoms with van der Waals surface area (Å²) in [6.07, 6.45) is 1.64. The minimum Gasteiger partial charge on any atom is -0.495 e. The molecule has 1 aliphatic rings. The van der Waals surface area contributed by atoms with Crippen LogP contribution >= 0.6 is 12.4 Å². The Bertz CT molecular complexity index is 1120. The van der Waals surface area contributed by atoms with E-state index in [-0.39, 0.29) is 22.2 Å². The number of para-hydroxylation sites is 1. The molecule has 158 valence electrons. The first-order valence-electron chi connectivity index (χ1n) is 9.56. The van der Waals surface area contributed by atoms with Crippen LogP contribution in [0.2, 0.25) is 0 Å². The molecule has 0 atom stereocenters. The van der Waals surface area contributed by atoms with Crippen molar-refractivity contribution in [2.24, 2.45) is 0 Å². The van der Waals surface area contributed by atoms with Gasteiger partial charge >= 0.3 is 0 Å². The van der Waals surface area contributed by atoms with Crippen LogP contribution in [0.3, 0.4) is 0 Å². The van der Waals surface area contributed by atoms with Crippen LogP contribution in [0.15, 0.2) is 76.5 Å². The molecule has 0 aliphatic carbocycles. The van der Waals surface area contributed by atoms with Gasteiger partial charge in [-0.25, -0.2) is 8.42 Å². The minimum atomic E-state index is -3.77. The molecule has 1 aliphatic heterocycles. The maximum Gasteiger partial charge on any atom is 0.210 e. The standard InChI is InChI=1S/C23H23NO4S.ClH/c1-27-22-14-17-10-12-24-13-11-18(17)15-23(22)29(25,26)21-9-5-8-20(16-21)28-19-6-3-2-4-7-19;/h2-9,14-16,24H,10-13H2,1H3;1H. The molecule has 3 aromatic carbocycles. The maximum atomic E-state index is 13.4. The average Bonchev–Trinajstić information content (AvgIpc) is 2.98. The van der Waals surface area contributed by atoms with Crippen molar-refractivity contribution < 1.29 is 17.9 Å². The number of benzene rings is 3. The van der Waals surface area contributed by atoms with Crippen LogP contribution in [0.5, 0.6) is 17.2 Å². The summed E-state index contributed by atoms with van der Waals surface area (Å²) in [7, 11) is -2.26. The minimum absolute atomic E-state index is 0. The van der Waals surface area contributed by atoms with Gasteiger partial charge in [0, 0.05) is 0 Å². The normalized spacial score (nSPS) is 13.5. The number of methoxy groups -OCH3 is 1. The zero-order valence-corrected chi connectivity index (χ0v) is 18.3. The molecule has 0 amide bonds. The monoisotopic (exact) mass is 445 g/mol. The van der Waals surface area contributed by atoms with Crippen LogP contribution in [-0.4, -0.2) is 28.6 Å². The first kappa shape index (κ1) is 22.2. The summed E-state index contributed by atoms with van der Waals surface area (Å²) in [6.45, 7) is 1.71. The molecule has 0 radical (unpaired) electrons. The lowest BCUT2D eigenvalue weighted by Gasteiger charge is -2.15. The van der Waals surface area contributed by atoms with Crippen molar-refractivity contribution in [3.63, 3.8) is 0 Å². The Morgan fingerprint density at radius 3 is 2.20 bits per heavy atom. The second-order valence-electron chi connectivity index (χ2n) is 6.92. The zero-order chi connectivity index (χ0) is 20.3. The molecule has 0 spiro atoms. The summed E-state index contributed by atoms with van der Waals surface area (Å²) in [5, 5.41) is 3.35. The molecule has 5 nitrogen and oxygen atoms in total. The fourth-order valence-corrected chi connectivity index (χ4v) is 4.99. The second-order valence-corrected chi connectivity index (χ2v) is 8.83. The SMILES string of the molecule is COc1cc2c(cc1S(=O)(=O)c1cccc(Oc3ccccc3)c1)CCNCC2.Cl. The van der Waals surface area contributed by atoms with E-state index in [0.29, 0.717) is 17.2 Å². The third-order valence-corrected chi connectivity index (χ3v) is 6.78. The highest BCUT2D eigenvalue weighted by atomic mass is 35.5. The molecule has 0 bridgehead atoms. The Morgan fingerprint density at radius 2 is 1.50 bits per heavy atom. The molecule has 4 rings (SSSR count). The highest BCUT2D eigenvalue weighted by molar-refractivity contribution is 7.91. The van der Waals surface area contributed by atoms with Crippen LogP contribution in [0.1, 0.15) is 11.1 Å². The average molecular weight is 446 g/mol. The van der Waals surface area contributed by atoms with Gasteiger partial charge < -0.3 is 14.8 Å². The van der Waals surface area contributed by atoms with E-state index in [4.69, 9.17) is 9.47 Å². The van der Waals surface area contributed by atoms with E-state index in [9.17, 15) is 8.42 Å². The van der Waals surface area contributed by atoms with Crippen LogP contribution in [0.25, 0.3) is 0 Å². The summed E-state index contributed by atoms with van der Waals surface area (Å²) < 4.78 is 38.1. The van der Waals surface area contributed by atoms with E-state index in [0.717, 1.165) is 37.1 Å². The van der Waals surface area contributed by atoms with Crippen molar-refractivity contribution in [1.82, 2.24) is 5.32 Å². The third kappa shape index (κ3) is 4.61. The Kier molecular flexibility index (Phi) is 7.02. The maximum absolute atomic E-state index is 13.4. The summed E-state index contributed by atoms with van der Waals surface area (Å²) in [4.78, 5) is 0.369. The molecule has 7 heteroatoms. The van der Waals surface area contributed by atoms with E-state index in [1.165, 1.54) is 7.11 Å². The first-order valence-corrected chi connectivity index (χ1v) is 11.0. The highest BCUT2D eigenvalue weighted by Crippen LogP contribution is 2.34. The van der Waals surface area contributed by atoms with Crippen molar-refractivity contribution in [2.75, 3.05) is 20.2 Å². The van der Waals surface area contributed by atoms with Gasteiger partial charge in [-0.3, -0.25) is 0 Å². The van der Waals surface area contributed by atoms with Gasteiger partial charge in [0.05, 0.1) is 12.0 Å². The molecule has 1 N–H and O–H groups in total. The predicted octanol–water partition coefficient (Wildman–Crippen LogP) is 4.43. The Hall–Kier alpha value is -2.54. The quantitative estimate of drug-likeness (QED) is 0.629. The van der Waals surface area contributed by atoms with E-state index in [1.54, 1.807) is 30.3 Å². The molecule has 0 unspecified atom stereocenters. The van der Waals surface area contributed by atoms with Crippen molar-refractivity contribution in [3.8, 4) is 17.2 Å². The van der Waals surface area contributed by atoms with Gasteiger partial charge in [-0.15, -0.1) is 12.4 Å². The van der Waals surface area contributed by atoms with Crippen molar-refractivity contribution >= 4 is 22.2 Å². The Labute approximate surface area is 183 Å². The van der Waals surface area contributed by atoms with Crippen LogP contribution in [0.4, 0.5) is 0 Å². The zero-order valence-electron chi connectivity index (χ0n) is 16.6. The van der Waals surface area contributed by atoms with Gasteiger partial charge in [0.1, 0.15) is 22.1 Å². The molecular weight excluding hydrogens is 422 g/mol. The third-order valence-electron chi connectivity index (χ3n) is 5.01. The van der Waals surface area contributed by atoms with Gasteiger partial charge in [0.2, 0.25) is 9.84 Å². The molecule has 3 aromatic rings. The van der Waals surface area contributed by atoms with Crippen LogP contribution in [0, 0.1) is 0 Å². The number of hydrogen-bond donors (Lipinski definition) is 1. The number of hydrogen-bond acceptors (Lipinski definition) is 5. The number of rotatable bonds is 5. The number of sulfone groups is 1. The van der Waals surface area contributed by atoms with Crippen molar-refractivity contribution in [3.05, 3.63) is 77.9 Å². The summed E-state index contributed by atoms with van der Waals surface area (Å²) >= 11 is 0. The number of ether oxygens (including phenoxy) is 2. The van der Waals surface area contributed by atoms with E-state index in [1.807, 2.05) is 36.4 Å². The van der Waals surface area contributed by atoms with Crippen molar-refractivity contribution in [1.29, 1.82) is 0 Å². The molecule has 0 saturated heterocycles. The number of nitrogens with one attached hydrogen (secondary N) is 1. The van der Waals surface area contributed by atoms with Gasteiger partial charge in [-0.05, 0) is 79.5 Å². The fraction of sp³-hybridized carbons (Fsp3) is 0.217. The van der Waals surface area contributed by atoms with Crippen LogP contribution in [-0.2, 0) is 22.7 Å². The second kappa shape index (κ2) is 9.51.